The van der Waals surface area contributed by atoms with E-state index in [1.165, 1.54) is 0 Å². The van der Waals surface area contributed by atoms with Gasteiger partial charge in [0.15, 0.2) is 0 Å². The van der Waals surface area contributed by atoms with Gasteiger partial charge in [0.2, 0.25) is 5.69 Å². The quantitative estimate of drug-likeness (QED) is 0.348. The Labute approximate surface area is 83.2 Å². The first-order chi connectivity index (χ1) is 6.66. The number of nitrogens with one attached hydrogen (secondary N) is 1. The van der Waals surface area contributed by atoms with E-state index in [0.29, 0.717) is 0 Å². The molecule has 7 nitrogen and oxygen atoms in total. The van der Waals surface area contributed by atoms with Crippen molar-refractivity contribution >= 4 is 23.3 Å². The van der Waals surface area contributed by atoms with Gasteiger partial charge in [0, 0.05) is 0 Å². The Balaban J connectivity index is 2.79. The SMILES string of the molecule is O=C(OCCCl)c1[nH]ncc1[N+](=O)[O-]. The topological polar surface area (TPSA) is 98.1 Å². The summed E-state index contributed by atoms with van der Waals surface area (Å²) in [5, 5.41) is 15.9. The standard InChI is InChI=1S/C6H6ClN3O4/c7-1-2-14-6(11)5-4(10(12)13)3-8-9-5/h3H,1-2H2,(H,8,9). The van der Waals surface area contributed by atoms with E-state index in [9.17, 15) is 14.9 Å². The van der Waals surface area contributed by atoms with Crippen LogP contribution >= 0.6 is 11.6 Å². The molecule has 1 heterocycles. The lowest BCUT2D eigenvalue weighted by Crippen LogP contribution is -2.09. The Kier molecular flexibility index (Phi) is 3.41. The van der Waals surface area contributed by atoms with E-state index in [2.05, 4.69) is 14.9 Å². The van der Waals surface area contributed by atoms with E-state index >= 15 is 0 Å². The van der Waals surface area contributed by atoms with Crippen molar-refractivity contribution in [3.63, 3.8) is 0 Å². The minimum Gasteiger partial charge on any atom is -0.460 e. The second-order valence-electron chi connectivity index (χ2n) is 2.21. The molecule has 0 amide bonds. The molecule has 0 radical (unpaired) electrons. The predicted molar refractivity (Wildman–Crippen MR) is 46.2 cm³/mol. The molecule has 14 heavy (non-hydrogen) atoms. The van der Waals surface area contributed by atoms with E-state index in [0.717, 1.165) is 6.20 Å². The van der Waals surface area contributed by atoms with Crippen LogP contribution in [0.1, 0.15) is 10.5 Å². The molecule has 0 fully saturated rings. The highest BCUT2D eigenvalue weighted by atomic mass is 35.5. The van der Waals surface area contributed by atoms with Crippen LogP contribution in [-0.2, 0) is 4.74 Å². The van der Waals surface area contributed by atoms with Gasteiger partial charge in [-0.15, -0.1) is 11.6 Å². The van der Waals surface area contributed by atoms with Gasteiger partial charge < -0.3 is 4.74 Å². The zero-order valence-electron chi connectivity index (χ0n) is 6.90. The average Bonchev–Trinajstić information content (AvgIpc) is 2.62. The normalized spacial score (nSPS) is 9.79. The third-order valence-corrected chi connectivity index (χ3v) is 1.48. The van der Waals surface area contributed by atoms with Gasteiger partial charge in [0.1, 0.15) is 12.8 Å². The fourth-order valence-corrected chi connectivity index (χ4v) is 0.849. The summed E-state index contributed by atoms with van der Waals surface area (Å²) in [6.45, 7) is -0.00341. The molecule has 76 valence electrons. The molecule has 8 heteroatoms. The molecule has 1 rings (SSSR count). The van der Waals surface area contributed by atoms with Gasteiger partial charge in [-0.3, -0.25) is 15.2 Å². The molecule has 0 saturated carbocycles. The summed E-state index contributed by atoms with van der Waals surface area (Å²) in [5.74, 6) is -0.705. The number of aromatic nitrogens is 2. The van der Waals surface area contributed by atoms with Crippen LogP contribution in [0.15, 0.2) is 6.20 Å². The predicted octanol–water partition coefficient (Wildman–Crippen LogP) is 0.713. The first-order valence-corrected chi connectivity index (χ1v) is 4.11. The van der Waals surface area contributed by atoms with Gasteiger partial charge in [-0.2, -0.15) is 5.10 Å². The van der Waals surface area contributed by atoms with Crippen LogP contribution in [0.3, 0.4) is 0 Å². The number of H-pyrrole nitrogens is 1. The van der Waals surface area contributed by atoms with Crippen LogP contribution < -0.4 is 0 Å². The number of carbonyl (C=O) groups excluding carboxylic acids is 1. The molecule has 0 saturated heterocycles. The Bertz CT molecular complexity index is 351. The summed E-state index contributed by atoms with van der Waals surface area (Å²) in [7, 11) is 0. The van der Waals surface area contributed by atoms with Crippen molar-refractivity contribution in [1.29, 1.82) is 0 Å². The average molecular weight is 220 g/mol. The number of nitrogens with zero attached hydrogens (tertiary/aromatic N) is 2. The van der Waals surface area contributed by atoms with Gasteiger partial charge in [-0.05, 0) is 0 Å². The maximum absolute atomic E-state index is 11.1. The lowest BCUT2D eigenvalue weighted by atomic mass is 10.4. The summed E-state index contributed by atoms with van der Waals surface area (Å²) in [5.41, 5.74) is -0.690. The van der Waals surface area contributed by atoms with Gasteiger partial charge >= 0.3 is 11.7 Å². The first-order valence-electron chi connectivity index (χ1n) is 3.57. The summed E-state index contributed by atoms with van der Waals surface area (Å²) in [6.07, 6.45) is 0.942. The molecule has 1 aromatic heterocycles. The second-order valence-corrected chi connectivity index (χ2v) is 2.59. The van der Waals surface area contributed by atoms with Gasteiger partial charge in [0.25, 0.3) is 0 Å². The smallest absolute Gasteiger partial charge is 0.363 e. The molecular weight excluding hydrogens is 214 g/mol. The van der Waals surface area contributed by atoms with Crippen LogP contribution in [0.4, 0.5) is 5.69 Å². The fourth-order valence-electron chi connectivity index (χ4n) is 0.772. The lowest BCUT2D eigenvalue weighted by molar-refractivity contribution is -0.385. The van der Waals surface area contributed by atoms with Crippen molar-refractivity contribution in [2.75, 3.05) is 12.5 Å². The second kappa shape index (κ2) is 4.56. The highest BCUT2D eigenvalue weighted by molar-refractivity contribution is 6.18. The monoisotopic (exact) mass is 219 g/mol. The number of carbonyl (C=O) groups is 1. The molecule has 1 aromatic rings. The highest BCUT2D eigenvalue weighted by Crippen LogP contribution is 2.15. The maximum Gasteiger partial charge on any atom is 0.363 e. The maximum atomic E-state index is 11.1. The number of esters is 1. The highest BCUT2D eigenvalue weighted by Gasteiger charge is 2.23. The van der Waals surface area contributed by atoms with Crippen LogP contribution in [-0.4, -0.2) is 33.6 Å². The van der Waals surface area contributed by atoms with Crippen LogP contribution in [0.5, 0.6) is 0 Å². The summed E-state index contributed by atoms with van der Waals surface area (Å²) in [4.78, 5) is 20.8. The van der Waals surface area contributed by atoms with E-state index < -0.39 is 16.6 Å². The minimum atomic E-state index is -0.838. The van der Waals surface area contributed by atoms with Gasteiger partial charge in [-0.25, -0.2) is 4.79 Å². The largest absolute Gasteiger partial charge is 0.460 e. The number of aromatic amines is 1. The number of alkyl halides is 1. The summed E-state index contributed by atoms with van der Waals surface area (Å²) in [6, 6.07) is 0. The van der Waals surface area contributed by atoms with E-state index in [-0.39, 0.29) is 18.2 Å². The molecule has 0 aliphatic carbocycles. The Hall–Kier alpha value is -1.63. The molecule has 0 bridgehead atoms. The van der Waals surface area contributed by atoms with E-state index in [1.54, 1.807) is 0 Å². The zero-order chi connectivity index (χ0) is 10.6. The van der Waals surface area contributed by atoms with Crippen LogP contribution in [0.25, 0.3) is 0 Å². The number of halogens is 1. The summed E-state index contributed by atoms with van der Waals surface area (Å²) < 4.78 is 4.58. The number of ether oxygens (including phenoxy) is 1. The molecule has 0 unspecified atom stereocenters. The van der Waals surface area contributed by atoms with Crippen molar-refractivity contribution in [3.05, 3.63) is 22.0 Å². The Morgan fingerprint density at radius 3 is 3.07 bits per heavy atom. The third-order valence-electron chi connectivity index (χ3n) is 1.33. The molecule has 0 atom stereocenters. The van der Waals surface area contributed by atoms with Crippen molar-refractivity contribution in [3.8, 4) is 0 Å². The number of hydrogen-bond donors (Lipinski definition) is 1. The van der Waals surface area contributed by atoms with E-state index in [1.807, 2.05) is 0 Å². The Morgan fingerprint density at radius 1 is 1.79 bits per heavy atom. The fraction of sp³-hybridized carbons (Fsp3) is 0.333. The number of hydrogen-bond acceptors (Lipinski definition) is 5. The molecular formula is C6H6ClN3O4. The Morgan fingerprint density at radius 2 is 2.50 bits per heavy atom. The lowest BCUT2D eigenvalue weighted by Gasteiger charge is -1.98. The summed E-state index contributed by atoms with van der Waals surface area (Å²) >= 11 is 5.27. The van der Waals surface area contributed by atoms with Crippen molar-refractivity contribution in [2.24, 2.45) is 0 Å². The van der Waals surface area contributed by atoms with Gasteiger partial charge in [-0.1, -0.05) is 0 Å². The minimum absolute atomic E-state index is 0.00341. The van der Waals surface area contributed by atoms with Gasteiger partial charge in [0.05, 0.1) is 10.8 Å². The number of nitro groups is 1. The molecule has 0 aliphatic heterocycles. The van der Waals surface area contributed by atoms with Crippen LogP contribution in [0.2, 0.25) is 0 Å². The van der Waals surface area contributed by atoms with Crippen molar-refractivity contribution < 1.29 is 14.5 Å². The molecule has 0 aromatic carbocycles. The molecule has 0 spiro atoms. The zero-order valence-corrected chi connectivity index (χ0v) is 7.65. The first kappa shape index (κ1) is 10.5. The number of rotatable bonds is 4. The molecule has 1 N–H and O–H groups in total. The third kappa shape index (κ3) is 2.19. The van der Waals surface area contributed by atoms with Crippen molar-refractivity contribution in [2.45, 2.75) is 0 Å². The van der Waals surface area contributed by atoms with E-state index in [4.69, 9.17) is 11.6 Å². The van der Waals surface area contributed by atoms with Crippen LogP contribution in [0, 0.1) is 10.1 Å². The van der Waals surface area contributed by atoms with Crippen molar-refractivity contribution in [1.82, 2.24) is 10.2 Å². The molecule has 0 aliphatic rings.